The lowest BCUT2D eigenvalue weighted by molar-refractivity contribution is 0.582. The summed E-state index contributed by atoms with van der Waals surface area (Å²) in [7, 11) is 0. The first kappa shape index (κ1) is 16.0. The van der Waals surface area contributed by atoms with E-state index >= 15 is 0 Å². The number of hydrogen-bond donors (Lipinski definition) is 1. The van der Waals surface area contributed by atoms with Gasteiger partial charge in [-0.15, -0.1) is 0 Å². The molecule has 0 aliphatic carbocycles. The lowest BCUT2D eigenvalue weighted by atomic mass is 10.0. The van der Waals surface area contributed by atoms with Crippen LogP contribution in [0.3, 0.4) is 0 Å². The van der Waals surface area contributed by atoms with Gasteiger partial charge in [-0.05, 0) is 43.4 Å². The average molecular weight is 266 g/mol. The molecule has 0 aliphatic heterocycles. The molecular weight excluding hydrogens is 239 g/mol. The summed E-state index contributed by atoms with van der Waals surface area (Å²) >= 11 is 0. The zero-order valence-electron chi connectivity index (χ0n) is 12.6. The highest BCUT2D eigenvalue weighted by Gasteiger charge is 2.12. The molecule has 0 fully saturated rings. The molecule has 0 aromatic heterocycles. The summed E-state index contributed by atoms with van der Waals surface area (Å²) in [6.45, 7) is 10.1. The van der Waals surface area contributed by atoms with Gasteiger partial charge in [-0.25, -0.2) is 4.39 Å². The van der Waals surface area contributed by atoms with Crippen molar-refractivity contribution in [2.45, 2.75) is 46.6 Å². The van der Waals surface area contributed by atoms with Crippen LogP contribution in [0.4, 0.5) is 10.1 Å². The highest BCUT2D eigenvalue weighted by Crippen LogP contribution is 2.22. The van der Waals surface area contributed by atoms with Gasteiger partial charge in [0.15, 0.2) is 0 Å². The molecule has 0 amide bonds. The van der Waals surface area contributed by atoms with Crippen molar-refractivity contribution < 1.29 is 4.39 Å². The van der Waals surface area contributed by atoms with Gasteiger partial charge in [-0.2, -0.15) is 0 Å². The maximum absolute atomic E-state index is 14.2. The van der Waals surface area contributed by atoms with Crippen LogP contribution >= 0.6 is 0 Å². The first-order chi connectivity index (χ1) is 8.97. The number of nitrogens with two attached hydrogens (primary N) is 1. The van der Waals surface area contributed by atoms with E-state index in [1.807, 2.05) is 12.1 Å². The summed E-state index contributed by atoms with van der Waals surface area (Å²) in [5.41, 5.74) is 7.59. The van der Waals surface area contributed by atoms with E-state index in [4.69, 9.17) is 5.73 Å². The van der Waals surface area contributed by atoms with Crippen molar-refractivity contribution in [1.29, 1.82) is 0 Å². The zero-order chi connectivity index (χ0) is 14.4. The van der Waals surface area contributed by atoms with Gasteiger partial charge in [-0.1, -0.05) is 26.8 Å². The van der Waals surface area contributed by atoms with Crippen LogP contribution in [0.5, 0.6) is 0 Å². The van der Waals surface area contributed by atoms with Gasteiger partial charge in [-0.3, -0.25) is 0 Å². The highest BCUT2D eigenvalue weighted by atomic mass is 19.1. The zero-order valence-corrected chi connectivity index (χ0v) is 12.6. The normalized spacial score (nSPS) is 12.8. The monoisotopic (exact) mass is 266 g/mol. The largest absolute Gasteiger partial charge is 0.369 e. The molecule has 2 nitrogen and oxygen atoms in total. The summed E-state index contributed by atoms with van der Waals surface area (Å²) in [6, 6.07) is 5.63. The van der Waals surface area contributed by atoms with Crippen LogP contribution in [0.1, 0.15) is 39.7 Å². The van der Waals surface area contributed by atoms with Crippen molar-refractivity contribution in [1.82, 2.24) is 0 Å². The Morgan fingerprint density at radius 1 is 1.26 bits per heavy atom. The van der Waals surface area contributed by atoms with Gasteiger partial charge in [0.05, 0.1) is 5.69 Å². The number of halogens is 1. The Balaban J connectivity index is 2.86. The minimum absolute atomic E-state index is 0.114. The maximum atomic E-state index is 14.2. The third-order valence-corrected chi connectivity index (χ3v) is 3.34. The van der Waals surface area contributed by atoms with Crippen LogP contribution in [0.25, 0.3) is 0 Å². The number of rotatable bonds is 7. The summed E-state index contributed by atoms with van der Waals surface area (Å²) in [5, 5.41) is 0. The fourth-order valence-electron chi connectivity index (χ4n) is 2.22. The minimum atomic E-state index is -0.136. The minimum Gasteiger partial charge on any atom is -0.369 e. The van der Waals surface area contributed by atoms with Crippen LogP contribution < -0.4 is 10.6 Å². The van der Waals surface area contributed by atoms with Gasteiger partial charge < -0.3 is 10.6 Å². The molecule has 1 atom stereocenters. The van der Waals surface area contributed by atoms with Crippen LogP contribution in [-0.2, 0) is 6.42 Å². The SMILES string of the molecule is CCC(N)Cc1ccc(N(CC)CC(C)C)c(F)c1. The summed E-state index contributed by atoms with van der Waals surface area (Å²) in [4.78, 5) is 2.09. The lowest BCUT2D eigenvalue weighted by Gasteiger charge is -2.26. The topological polar surface area (TPSA) is 29.3 Å². The van der Waals surface area contributed by atoms with Crippen molar-refractivity contribution in [2.24, 2.45) is 11.7 Å². The molecule has 1 rings (SSSR count). The number of benzene rings is 1. The van der Waals surface area contributed by atoms with Crippen molar-refractivity contribution in [3.05, 3.63) is 29.6 Å². The van der Waals surface area contributed by atoms with Crippen molar-refractivity contribution in [3.63, 3.8) is 0 Å². The Hall–Kier alpha value is -1.09. The van der Waals surface area contributed by atoms with Crippen LogP contribution in [0.15, 0.2) is 18.2 Å². The van der Waals surface area contributed by atoms with E-state index in [9.17, 15) is 4.39 Å². The van der Waals surface area contributed by atoms with Gasteiger partial charge in [0, 0.05) is 19.1 Å². The Kier molecular flexibility index (Phi) is 6.29. The predicted octanol–water partition coefficient (Wildman–Crippen LogP) is 3.59. The van der Waals surface area contributed by atoms with Crippen LogP contribution in [0.2, 0.25) is 0 Å². The second kappa shape index (κ2) is 7.49. The van der Waals surface area contributed by atoms with Gasteiger partial charge in [0.2, 0.25) is 0 Å². The fraction of sp³-hybridized carbons (Fsp3) is 0.625. The molecular formula is C16H27FN2. The Morgan fingerprint density at radius 3 is 2.42 bits per heavy atom. The van der Waals surface area contributed by atoms with Gasteiger partial charge >= 0.3 is 0 Å². The molecule has 0 spiro atoms. The van der Waals surface area contributed by atoms with E-state index in [0.29, 0.717) is 11.6 Å². The summed E-state index contributed by atoms with van der Waals surface area (Å²) < 4.78 is 14.2. The average Bonchev–Trinajstić information content (AvgIpc) is 2.36. The maximum Gasteiger partial charge on any atom is 0.146 e. The standard InChI is InChI=1S/C16H27FN2/c1-5-14(18)9-13-7-8-16(15(17)10-13)19(6-2)11-12(3)4/h7-8,10,12,14H,5-6,9,11,18H2,1-4H3. The Morgan fingerprint density at radius 2 is 1.95 bits per heavy atom. The summed E-state index contributed by atoms with van der Waals surface area (Å²) in [6.07, 6.45) is 1.65. The van der Waals surface area contributed by atoms with Crippen molar-refractivity contribution >= 4 is 5.69 Å². The van der Waals surface area contributed by atoms with E-state index < -0.39 is 0 Å². The van der Waals surface area contributed by atoms with E-state index in [0.717, 1.165) is 31.5 Å². The van der Waals surface area contributed by atoms with Crippen LogP contribution in [0, 0.1) is 11.7 Å². The van der Waals surface area contributed by atoms with Gasteiger partial charge in [0.25, 0.3) is 0 Å². The molecule has 19 heavy (non-hydrogen) atoms. The third-order valence-electron chi connectivity index (χ3n) is 3.34. The molecule has 0 aliphatic rings. The molecule has 108 valence electrons. The van der Waals surface area contributed by atoms with Gasteiger partial charge in [0.1, 0.15) is 5.82 Å². The smallest absolute Gasteiger partial charge is 0.146 e. The van der Waals surface area contributed by atoms with Crippen LogP contribution in [-0.4, -0.2) is 19.1 Å². The lowest BCUT2D eigenvalue weighted by Crippen LogP contribution is -2.28. The Labute approximate surface area is 116 Å². The first-order valence-electron chi connectivity index (χ1n) is 7.26. The van der Waals surface area contributed by atoms with Crippen molar-refractivity contribution in [2.75, 3.05) is 18.0 Å². The molecule has 0 bridgehead atoms. The molecule has 2 N–H and O–H groups in total. The Bertz CT molecular complexity index is 390. The second-order valence-corrected chi connectivity index (χ2v) is 5.59. The second-order valence-electron chi connectivity index (χ2n) is 5.59. The molecule has 1 aromatic rings. The van der Waals surface area contributed by atoms with E-state index in [2.05, 4.69) is 32.6 Å². The van der Waals surface area contributed by atoms with Crippen molar-refractivity contribution in [3.8, 4) is 0 Å². The molecule has 0 radical (unpaired) electrons. The van der Waals surface area contributed by atoms with E-state index in [1.54, 1.807) is 6.07 Å². The number of hydrogen-bond acceptors (Lipinski definition) is 2. The molecule has 1 unspecified atom stereocenters. The molecule has 0 heterocycles. The number of anilines is 1. The predicted molar refractivity (Wildman–Crippen MR) is 81.1 cm³/mol. The molecule has 0 saturated carbocycles. The first-order valence-corrected chi connectivity index (χ1v) is 7.26. The fourth-order valence-corrected chi connectivity index (χ4v) is 2.22. The van der Waals surface area contributed by atoms with E-state index in [1.165, 1.54) is 0 Å². The molecule has 3 heteroatoms. The highest BCUT2D eigenvalue weighted by molar-refractivity contribution is 5.49. The third kappa shape index (κ3) is 4.83. The molecule has 0 saturated heterocycles. The van der Waals surface area contributed by atoms with E-state index in [-0.39, 0.29) is 11.9 Å². The number of nitrogens with zero attached hydrogens (tertiary/aromatic N) is 1. The quantitative estimate of drug-likeness (QED) is 0.817. The summed E-state index contributed by atoms with van der Waals surface area (Å²) in [5.74, 6) is 0.385. The molecule has 1 aromatic carbocycles.